The SMILES string of the molecule is Cc1nnnn1-c1ccc(C(=O)N[C@H]2CC[C@@H](n3c(=O)c4cc(F)cnc4n(C4CCSCC4)c3=O)CC2)cc1. The number of tetrazole rings is 1. The maximum Gasteiger partial charge on any atom is 0.333 e. The third kappa shape index (κ3) is 4.93. The van der Waals surface area contributed by atoms with Crippen LogP contribution >= 0.6 is 11.8 Å². The summed E-state index contributed by atoms with van der Waals surface area (Å²) in [4.78, 5) is 44.3. The lowest BCUT2D eigenvalue weighted by Gasteiger charge is -2.31. The smallest absolute Gasteiger partial charge is 0.333 e. The quantitative estimate of drug-likeness (QED) is 0.392. The molecule has 2 aliphatic rings. The third-order valence-electron chi connectivity index (χ3n) is 7.88. The first kappa shape index (κ1) is 26.4. The molecule has 13 heteroatoms. The van der Waals surface area contributed by atoms with Crippen molar-refractivity contribution >= 4 is 28.7 Å². The lowest BCUT2D eigenvalue weighted by atomic mass is 9.90. The van der Waals surface area contributed by atoms with Crippen molar-refractivity contribution in [2.24, 2.45) is 0 Å². The van der Waals surface area contributed by atoms with Crippen molar-refractivity contribution in [3.8, 4) is 5.69 Å². The topological polar surface area (TPSA) is 130 Å². The van der Waals surface area contributed by atoms with Crippen LogP contribution in [0.5, 0.6) is 0 Å². The highest BCUT2D eigenvalue weighted by Gasteiger charge is 2.30. The molecule has 1 aromatic carbocycles. The summed E-state index contributed by atoms with van der Waals surface area (Å²) in [5.41, 5.74) is 0.656. The lowest BCUT2D eigenvalue weighted by molar-refractivity contribution is 0.0922. The zero-order valence-electron chi connectivity index (χ0n) is 22.0. The van der Waals surface area contributed by atoms with Crippen LogP contribution in [0.25, 0.3) is 16.7 Å². The van der Waals surface area contributed by atoms with Crippen LogP contribution in [0.3, 0.4) is 0 Å². The number of aromatic nitrogens is 7. The molecule has 208 valence electrons. The summed E-state index contributed by atoms with van der Waals surface area (Å²) in [6.07, 6.45) is 4.98. The minimum atomic E-state index is -0.604. The van der Waals surface area contributed by atoms with Gasteiger partial charge in [-0.05, 0) is 97.7 Å². The number of aryl methyl sites for hydroxylation is 1. The predicted molar refractivity (Wildman–Crippen MR) is 148 cm³/mol. The van der Waals surface area contributed by atoms with Gasteiger partial charge in [-0.15, -0.1) is 5.10 Å². The molecule has 2 fully saturated rings. The summed E-state index contributed by atoms with van der Waals surface area (Å²) in [5, 5.41) is 14.7. The van der Waals surface area contributed by atoms with Crippen LogP contribution in [0.1, 0.15) is 66.8 Å². The molecule has 1 saturated carbocycles. The van der Waals surface area contributed by atoms with Gasteiger partial charge in [0.2, 0.25) is 0 Å². The van der Waals surface area contributed by atoms with Crippen LogP contribution in [0.2, 0.25) is 0 Å². The van der Waals surface area contributed by atoms with Crippen molar-refractivity contribution in [3.63, 3.8) is 0 Å². The molecule has 1 N–H and O–H groups in total. The van der Waals surface area contributed by atoms with Crippen LogP contribution in [0.4, 0.5) is 4.39 Å². The molecule has 0 spiro atoms. The van der Waals surface area contributed by atoms with Crippen LogP contribution in [-0.2, 0) is 0 Å². The number of thioether (sulfide) groups is 1. The Labute approximate surface area is 232 Å². The van der Waals surface area contributed by atoms with Crippen molar-refractivity contribution < 1.29 is 9.18 Å². The Bertz CT molecular complexity index is 1670. The van der Waals surface area contributed by atoms with E-state index < -0.39 is 11.4 Å². The van der Waals surface area contributed by atoms with Gasteiger partial charge in [-0.3, -0.25) is 18.7 Å². The number of fused-ring (bicyclic) bond motifs is 1. The van der Waals surface area contributed by atoms with E-state index in [1.165, 1.54) is 10.6 Å². The van der Waals surface area contributed by atoms with Gasteiger partial charge in [0, 0.05) is 23.7 Å². The molecule has 4 aromatic rings. The normalized spacial score (nSPS) is 20.1. The molecular weight excluding hydrogens is 535 g/mol. The molecule has 6 rings (SSSR count). The molecule has 0 bridgehead atoms. The summed E-state index contributed by atoms with van der Waals surface area (Å²) in [5.74, 6) is 1.69. The van der Waals surface area contributed by atoms with Gasteiger partial charge < -0.3 is 5.32 Å². The highest BCUT2D eigenvalue weighted by molar-refractivity contribution is 7.99. The van der Waals surface area contributed by atoms with Crippen LogP contribution in [0, 0.1) is 12.7 Å². The first-order chi connectivity index (χ1) is 19.4. The van der Waals surface area contributed by atoms with Crippen LogP contribution in [0.15, 0.2) is 46.1 Å². The van der Waals surface area contributed by atoms with Crippen LogP contribution < -0.4 is 16.6 Å². The van der Waals surface area contributed by atoms with E-state index in [0.29, 0.717) is 37.1 Å². The van der Waals surface area contributed by atoms with Crippen molar-refractivity contribution in [2.75, 3.05) is 11.5 Å². The minimum Gasteiger partial charge on any atom is -0.349 e. The van der Waals surface area contributed by atoms with Gasteiger partial charge in [-0.1, -0.05) is 0 Å². The third-order valence-corrected chi connectivity index (χ3v) is 8.92. The second-order valence-electron chi connectivity index (χ2n) is 10.4. The molecule has 0 atom stereocenters. The number of carbonyl (C=O) groups is 1. The highest BCUT2D eigenvalue weighted by atomic mass is 32.2. The fourth-order valence-electron chi connectivity index (χ4n) is 5.77. The second kappa shape index (κ2) is 11.0. The van der Waals surface area contributed by atoms with Crippen molar-refractivity contribution in [1.29, 1.82) is 0 Å². The number of carbonyl (C=O) groups excluding carboxylic acids is 1. The van der Waals surface area contributed by atoms with Gasteiger partial charge in [0.25, 0.3) is 11.5 Å². The predicted octanol–water partition coefficient (Wildman–Crippen LogP) is 2.96. The molecule has 0 unspecified atom stereocenters. The van der Waals surface area contributed by atoms with Gasteiger partial charge in [0.15, 0.2) is 5.82 Å². The van der Waals surface area contributed by atoms with E-state index in [1.54, 1.807) is 40.4 Å². The van der Waals surface area contributed by atoms with Gasteiger partial charge in [-0.2, -0.15) is 16.4 Å². The number of nitrogens with one attached hydrogen (secondary N) is 1. The second-order valence-corrected chi connectivity index (χ2v) is 11.6. The summed E-state index contributed by atoms with van der Waals surface area (Å²) in [6, 6.07) is 7.72. The van der Waals surface area contributed by atoms with E-state index in [1.807, 2.05) is 11.8 Å². The molecule has 0 radical (unpaired) electrons. The first-order valence-electron chi connectivity index (χ1n) is 13.5. The fraction of sp³-hybridized carbons (Fsp3) is 0.444. The van der Waals surface area contributed by atoms with E-state index in [9.17, 15) is 18.8 Å². The molecule has 1 aliphatic heterocycles. The maximum absolute atomic E-state index is 14.1. The van der Waals surface area contributed by atoms with Crippen molar-refractivity contribution in [3.05, 3.63) is 74.6 Å². The van der Waals surface area contributed by atoms with E-state index in [4.69, 9.17) is 0 Å². The number of halogens is 1. The molecule has 40 heavy (non-hydrogen) atoms. The fourth-order valence-corrected chi connectivity index (χ4v) is 6.85. The van der Waals surface area contributed by atoms with Gasteiger partial charge >= 0.3 is 5.69 Å². The zero-order chi connectivity index (χ0) is 27.8. The number of hydrogen-bond donors (Lipinski definition) is 1. The average molecular weight is 565 g/mol. The molecule has 11 nitrogen and oxygen atoms in total. The molecule has 1 amide bonds. The lowest BCUT2D eigenvalue weighted by Crippen LogP contribution is -2.46. The Morgan fingerprint density at radius 1 is 1.00 bits per heavy atom. The Balaban J connectivity index is 1.19. The monoisotopic (exact) mass is 564 g/mol. The maximum atomic E-state index is 14.1. The van der Waals surface area contributed by atoms with Gasteiger partial charge in [-0.25, -0.2) is 14.2 Å². The van der Waals surface area contributed by atoms with E-state index >= 15 is 0 Å². The number of benzene rings is 1. The number of nitrogens with zero attached hydrogens (tertiary/aromatic N) is 7. The summed E-state index contributed by atoms with van der Waals surface area (Å²) in [7, 11) is 0. The molecule has 1 aliphatic carbocycles. The van der Waals surface area contributed by atoms with Crippen molar-refractivity contribution in [2.45, 2.75) is 63.6 Å². The average Bonchev–Trinajstić information content (AvgIpc) is 3.41. The standard InChI is InChI=1S/C27H29FN8O3S/c1-16-31-32-33-36(16)22-6-2-17(3-7-22)25(37)30-19-4-8-20(9-5-19)35-26(38)23-14-18(28)15-29-24(23)34(27(35)39)21-10-12-40-13-11-21/h2-3,6-7,14-15,19-21H,4-5,8-13H2,1H3,(H,30,37)/t19-,20+. The number of amides is 1. The molecule has 1 saturated heterocycles. The number of pyridine rings is 1. The Morgan fingerprint density at radius 2 is 1.70 bits per heavy atom. The van der Waals surface area contributed by atoms with E-state index in [-0.39, 0.29) is 40.8 Å². The van der Waals surface area contributed by atoms with E-state index in [2.05, 4.69) is 25.8 Å². The molecular formula is C27H29FN8O3S. The summed E-state index contributed by atoms with van der Waals surface area (Å²) in [6.45, 7) is 1.79. The minimum absolute atomic E-state index is 0.0761. The van der Waals surface area contributed by atoms with Gasteiger partial charge in [0.1, 0.15) is 11.5 Å². The molecule has 3 aromatic heterocycles. The zero-order valence-corrected chi connectivity index (χ0v) is 22.8. The first-order valence-corrected chi connectivity index (χ1v) is 14.6. The van der Waals surface area contributed by atoms with E-state index in [0.717, 1.165) is 36.2 Å². The van der Waals surface area contributed by atoms with Gasteiger partial charge in [0.05, 0.1) is 17.3 Å². The van der Waals surface area contributed by atoms with Crippen molar-refractivity contribution in [1.82, 2.24) is 39.6 Å². The number of hydrogen-bond acceptors (Lipinski definition) is 8. The Hall–Kier alpha value is -3.87. The number of rotatable bonds is 5. The highest BCUT2D eigenvalue weighted by Crippen LogP contribution is 2.30. The Morgan fingerprint density at radius 3 is 2.38 bits per heavy atom. The van der Waals surface area contributed by atoms with Crippen LogP contribution in [-0.4, -0.2) is 57.8 Å². The summed E-state index contributed by atoms with van der Waals surface area (Å²) < 4.78 is 18.6. The Kier molecular flexibility index (Phi) is 7.22. The summed E-state index contributed by atoms with van der Waals surface area (Å²) >= 11 is 1.84. The largest absolute Gasteiger partial charge is 0.349 e. The molecule has 4 heterocycles.